The Morgan fingerprint density at radius 1 is 1.07 bits per heavy atom. The van der Waals surface area contributed by atoms with Crippen molar-refractivity contribution in [2.24, 2.45) is 0 Å². The van der Waals surface area contributed by atoms with Gasteiger partial charge in [-0.3, -0.25) is 0 Å². The molecule has 0 unspecified atom stereocenters. The van der Waals surface area contributed by atoms with E-state index in [1.807, 2.05) is 44.2 Å². The minimum Gasteiger partial charge on any atom is -0.364 e. The molecular formula is C23H20Cl2N4O. The second kappa shape index (κ2) is 7.25. The van der Waals surface area contributed by atoms with E-state index in [9.17, 15) is 0 Å². The van der Waals surface area contributed by atoms with Gasteiger partial charge in [0, 0.05) is 21.5 Å². The van der Waals surface area contributed by atoms with Crippen molar-refractivity contribution in [3.05, 3.63) is 69.8 Å². The number of hydrogen-bond donors (Lipinski definition) is 1. The lowest BCUT2D eigenvalue weighted by molar-refractivity contribution is 0.393. The summed E-state index contributed by atoms with van der Waals surface area (Å²) in [6, 6.07) is 14.1. The first-order valence-electron chi connectivity index (χ1n) is 9.86. The van der Waals surface area contributed by atoms with Crippen LogP contribution in [0.4, 0.5) is 5.82 Å². The number of fused-ring (bicyclic) bond motifs is 1. The van der Waals surface area contributed by atoms with E-state index in [-0.39, 0.29) is 10.8 Å². The fourth-order valence-corrected chi connectivity index (χ4v) is 4.42. The maximum Gasteiger partial charge on any atom is 0.224 e. The van der Waals surface area contributed by atoms with Crippen molar-refractivity contribution >= 4 is 39.9 Å². The van der Waals surface area contributed by atoms with Crippen LogP contribution in [0, 0.1) is 13.8 Å². The second-order valence-corrected chi connectivity index (χ2v) is 8.76. The summed E-state index contributed by atoms with van der Waals surface area (Å²) in [5.74, 6) is 1.54. The van der Waals surface area contributed by atoms with Gasteiger partial charge in [-0.15, -0.1) is 0 Å². The summed E-state index contributed by atoms with van der Waals surface area (Å²) in [7, 11) is 0. The fraction of sp³-hybridized carbons (Fsp3) is 0.261. The number of halogens is 2. The number of aromatic nitrogens is 3. The van der Waals surface area contributed by atoms with Gasteiger partial charge in [-0.2, -0.15) is 0 Å². The van der Waals surface area contributed by atoms with Crippen LogP contribution < -0.4 is 5.32 Å². The summed E-state index contributed by atoms with van der Waals surface area (Å²) in [5, 5.41) is 9.65. The third-order valence-corrected chi connectivity index (χ3v) is 6.06. The smallest absolute Gasteiger partial charge is 0.224 e. The number of benzene rings is 2. The summed E-state index contributed by atoms with van der Waals surface area (Å²) in [6.45, 7) is 3.86. The Morgan fingerprint density at radius 3 is 2.60 bits per heavy atom. The molecule has 0 spiro atoms. The molecule has 0 atom stereocenters. The van der Waals surface area contributed by atoms with Crippen LogP contribution in [-0.4, -0.2) is 20.7 Å². The Kier molecular flexibility index (Phi) is 4.68. The van der Waals surface area contributed by atoms with Crippen LogP contribution in [0.2, 0.25) is 10.3 Å². The number of nitrogens with one attached hydrogen (secondary N) is 1. The molecule has 1 aliphatic carbocycles. The zero-order valence-corrected chi connectivity index (χ0v) is 18.2. The number of nitrogens with zero attached hydrogens (tertiary/aromatic N) is 3. The van der Waals surface area contributed by atoms with E-state index in [1.54, 1.807) is 0 Å². The van der Waals surface area contributed by atoms with Gasteiger partial charge in [0.15, 0.2) is 0 Å². The molecule has 0 amide bonds. The van der Waals surface area contributed by atoms with Gasteiger partial charge in [0.05, 0.1) is 11.2 Å². The molecule has 7 heteroatoms. The minimum atomic E-state index is -0.0473. The van der Waals surface area contributed by atoms with Gasteiger partial charge in [-0.1, -0.05) is 35.0 Å². The summed E-state index contributed by atoms with van der Waals surface area (Å²) in [4.78, 5) is 8.94. The lowest BCUT2D eigenvalue weighted by Gasteiger charge is -2.20. The Bertz CT molecular complexity index is 1240. The molecule has 2 aromatic carbocycles. The van der Waals surface area contributed by atoms with E-state index in [0.29, 0.717) is 0 Å². The highest BCUT2D eigenvalue weighted by atomic mass is 35.5. The highest BCUT2D eigenvalue weighted by Gasteiger charge is 2.43. The SMILES string of the molecule is Cc1noc(C)c1-c1ccc2nc(Cl)nc(NC3(Cc4cccc(Cl)c4)CC3)c2c1. The zero-order valence-electron chi connectivity index (χ0n) is 16.7. The van der Waals surface area contributed by atoms with Crippen LogP contribution in [0.15, 0.2) is 47.0 Å². The quantitative estimate of drug-likeness (QED) is 0.365. The third kappa shape index (κ3) is 3.64. The van der Waals surface area contributed by atoms with Crippen LogP contribution in [0.25, 0.3) is 22.0 Å². The Hall–Kier alpha value is -2.63. The van der Waals surface area contributed by atoms with E-state index in [2.05, 4.69) is 32.6 Å². The minimum absolute atomic E-state index is 0.0473. The lowest BCUT2D eigenvalue weighted by Crippen LogP contribution is -2.25. The first kappa shape index (κ1) is 19.3. The molecular weight excluding hydrogens is 419 g/mol. The molecule has 30 heavy (non-hydrogen) atoms. The van der Waals surface area contributed by atoms with Gasteiger partial charge in [0.2, 0.25) is 5.28 Å². The van der Waals surface area contributed by atoms with Crippen molar-refractivity contribution in [1.29, 1.82) is 0 Å². The molecule has 4 aromatic rings. The van der Waals surface area contributed by atoms with Crippen molar-refractivity contribution < 1.29 is 4.52 Å². The van der Waals surface area contributed by atoms with Gasteiger partial charge in [0.25, 0.3) is 0 Å². The summed E-state index contributed by atoms with van der Waals surface area (Å²) in [6.07, 6.45) is 3.00. The first-order chi connectivity index (χ1) is 14.4. The third-order valence-electron chi connectivity index (χ3n) is 5.66. The number of anilines is 1. The van der Waals surface area contributed by atoms with E-state index in [4.69, 9.17) is 27.7 Å². The number of hydrogen-bond acceptors (Lipinski definition) is 5. The predicted molar refractivity (Wildman–Crippen MR) is 120 cm³/mol. The molecule has 1 fully saturated rings. The fourth-order valence-electron chi connectivity index (χ4n) is 4.03. The average molecular weight is 439 g/mol. The Balaban J connectivity index is 1.54. The molecule has 152 valence electrons. The molecule has 0 saturated heterocycles. The molecule has 0 aliphatic heterocycles. The summed E-state index contributed by atoms with van der Waals surface area (Å²) >= 11 is 12.4. The van der Waals surface area contributed by atoms with Crippen LogP contribution in [0.1, 0.15) is 29.9 Å². The summed E-state index contributed by atoms with van der Waals surface area (Å²) in [5.41, 5.74) is 4.83. The van der Waals surface area contributed by atoms with Crippen LogP contribution in [0.5, 0.6) is 0 Å². The molecule has 5 nitrogen and oxygen atoms in total. The van der Waals surface area contributed by atoms with Crippen molar-refractivity contribution in [2.45, 2.75) is 38.6 Å². The van der Waals surface area contributed by atoms with Crippen molar-refractivity contribution in [3.63, 3.8) is 0 Å². The van der Waals surface area contributed by atoms with Gasteiger partial charge in [-0.25, -0.2) is 9.97 Å². The van der Waals surface area contributed by atoms with Crippen LogP contribution in [-0.2, 0) is 6.42 Å². The normalized spacial score (nSPS) is 14.8. The Morgan fingerprint density at radius 2 is 1.90 bits per heavy atom. The van der Waals surface area contributed by atoms with Crippen molar-refractivity contribution in [3.8, 4) is 11.1 Å². The second-order valence-electron chi connectivity index (χ2n) is 7.98. The van der Waals surface area contributed by atoms with Crippen molar-refractivity contribution in [1.82, 2.24) is 15.1 Å². The van der Waals surface area contributed by atoms with Crippen LogP contribution in [0.3, 0.4) is 0 Å². The zero-order chi connectivity index (χ0) is 20.9. The number of aryl methyl sites for hydroxylation is 2. The lowest BCUT2D eigenvalue weighted by atomic mass is 10.0. The Labute approximate surface area is 184 Å². The van der Waals surface area contributed by atoms with E-state index < -0.39 is 0 Å². The van der Waals surface area contributed by atoms with Gasteiger partial charge >= 0.3 is 0 Å². The summed E-state index contributed by atoms with van der Waals surface area (Å²) < 4.78 is 5.35. The predicted octanol–water partition coefficient (Wildman–Crippen LogP) is 6.40. The first-order valence-corrected chi connectivity index (χ1v) is 10.6. The highest BCUT2D eigenvalue weighted by Crippen LogP contribution is 2.43. The molecule has 1 aliphatic rings. The molecule has 2 heterocycles. The highest BCUT2D eigenvalue weighted by molar-refractivity contribution is 6.30. The van der Waals surface area contributed by atoms with Gasteiger partial charge in [-0.05, 0) is 80.1 Å². The van der Waals surface area contributed by atoms with Crippen LogP contribution >= 0.6 is 23.2 Å². The molecule has 0 radical (unpaired) electrons. The molecule has 1 N–H and O–H groups in total. The topological polar surface area (TPSA) is 63.8 Å². The average Bonchev–Trinajstić information content (AvgIpc) is 3.36. The maximum atomic E-state index is 6.24. The molecule has 0 bridgehead atoms. The van der Waals surface area contributed by atoms with E-state index in [0.717, 1.165) is 63.6 Å². The van der Waals surface area contributed by atoms with E-state index in [1.165, 1.54) is 5.56 Å². The molecule has 1 saturated carbocycles. The van der Waals surface area contributed by atoms with Gasteiger partial charge in [0.1, 0.15) is 11.6 Å². The number of rotatable bonds is 5. The van der Waals surface area contributed by atoms with E-state index >= 15 is 0 Å². The van der Waals surface area contributed by atoms with Crippen molar-refractivity contribution in [2.75, 3.05) is 5.32 Å². The standard InChI is InChI=1S/C23H20Cl2N4O/c1-13-20(14(2)30-29-13)16-6-7-19-18(11-16)21(27-22(25)26-19)28-23(8-9-23)12-15-4-3-5-17(24)10-15/h3-7,10-11H,8-9,12H2,1-2H3,(H,26,27,28). The molecule has 2 aromatic heterocycles. The maximum absolute atomic E-state index is 6.24. The van der Waals surface area contributed by atoms with Gasteiger partial charge < -0.3 is 9.84 Å². The monoisotopic (exact) mass is 438 g/mol. The molecule has 5 rings (SSSR count). The largest absolute Gasteiger partial charge is 0.364 e.